The van der Waals surface area contributed by atoms with E-state index in [9.17, 15) is 5.11 Å². The number of imidazole rings is 1. The van der Waals surface area contributed by atoms with Gasteiger partial charge in [-0.15, -0.1) is 24.3 Å². The van der Waals surface area contributed by atoms with Gasteiger partial charge in [-0.25, -0.2) is 0 Å². The smallest absolute Gasteiger partial charge is 0.127 e. The van der Waals surface area contributed by atoms with Crippen LogP contribution in [0, 0.1) is 6.07 Å². The molecular formula is C35H27N4OPt-. The number of benzene rings is 4. The Balaban J connectivity index is 0.00000302. The first-order valence-electron chi connectivity index (χ1n) is 13.4. The quantitative estimate of drug-likeness (QED) is 0.148. The van der Waals surface area contributed by atoms with Gasteiger partial charge in [0.05, 0.1) is 33.3 Å². The van der Waals surface area contributed by atoms with Crippen LogP contribution in [0.4, 0.5) is 0 Å². The molecule has 41 heavy (non-hydrogen) atoms. The monoisotopic (exact) mass is 714 g/mol. The fourth-order valence-electron chi connectivity index (χ4n) is 5.44. The van der Waals surface area contributed by atoms with E-state index >= 15 is 0 Å². The molecule has 0 spiro atoms. The van der Waals surface area contributed by atoms with E-state index in [-0.39, 0.29) is 32.2 Å². The largest absolute Gasteiger partial charge is 0.507 e. The molecule has 6 heteroatoms. The minimum Gasteiger partial charge on any atom is -0.507 e. The van der Waals surface area contributed by atoms with Gasteiger partial charge in [0.2, 0.25) is 0 Å². The summed E-state index contributed by atoms with van der Waals surface area (Å²) in [4.78, 5) is 14.8. The SMILES string of the molecule is CC(C)(C)c1cc(-c2[c-]c(-c3nc4ccccc4n3-c3ccccc3)ccc2)nc2c1cnc1cccc(O)c12.[Pt]. The first kappa shape index (κ1) is 26.9. The molecule has 0 aliphatic carbocycles. The van der Waals surface area contributed by atoms with Crippen LogP contribution in [0.15, 0.2) is 103 Å². The van der Waals surface area contributed by atoms with E-state index in [4.69, 9.17) is 9.97 Å². The van der Waals surface area contributed by atoms with E-state index in [1.165, 1.54) is 0 Å². The Hall–Kier alpha value is -4.34. The van der Waals surface area contributed by atoms with Crippen molar-refractivity contribution in [2.24, 2.45) is 0 Å². The number of aromatic hydroxyl groups is 1. The van der Waals surface area contributed by atoms with Gasteiger partial charge in [0.15, 0.2) is 0 Å². The molecule has 3 aromatic heterocycles. The molecule has 7 rings (SSSR count). The second kappa shape index (κ2) is 10.2. The van der Waals surface area contributed by atoms with Crippen LogP contribution >= 0.6 is 0 Å². The molecule has 0 atom stereocenters. The van der Waals surface area contributed by atoms with Crippen LogP contribution < -0.4 is 0 Å². The third-order valence-electron chi connectivity index (χ3n) is 7.34. The van der Waals surface area contributed by atoms with Crippen LogP contribution in [0.5, 0.6) is 5.75 Å². The summed E-state index contributed by atoms with van der Waals surface area (Å²) in [6, 6.07) is 35.7. The fourth-order valence-corrected chi connectivity index (χ4v) is 5.44. The maximum atomic E-state index is 10.8. The van der Waals surface area contributed by atoms with Crippen molar-refractivity contribution in [1.29, 1.82) is 0 Å². The zero-order valence-corrected chi connectivity index (χ0v) is 25.1. The molecule has 0 saturated carbocycles. The number of nitrogens with zero attached hydrogens (tertiary/aromatic N) is 4. The molecule has 0 amide bonds. The van der Waals surface area contributed by atoms with Crippen molar-refractivity contribution in [3.05, 3.63) is 115 Å². The van der Waals surface area contributed by atoms with Crippen molar-refractivity contribution in [2.75, 3.05) is 0 Å². The molecule has 0 bridgehead atoms. The maximum Gasteiger partial charge on any atom is 0.127 e. The van der Waals surface area contributed by atoms with Crippen LogP contribution in [0.3, 0.4) is 0 Å². The summed E-state index contributed by atoms with van der Waals surface area (Å²) in [5.74, 6) is 0.993. The molecule has 0 aliphatic heterocycles. The molecule has 1 N–H and O–H groups in total. The number of rotatable bonds is 3. The van der Waals surface area contributed by atoms with Gasteiger partial charge in [-0.3, -0.25) is 15.0 Å². The van der Waals surface area contributed by atoms with Crippen LogP contribution in [-0.4, -0.2) is 24.6 Å². The Labute approximate surface area is 252 Å². The van der Waals surface area contributed by atoms with Crippen molar-refractivity contribution in [3.63, 3.8) is 0 Å². The van der Waals surface area contributed by atoms with Crippen LogP contribution in [-0.2, 0) is 26.5 Å². The van der Waals surface area contributed by atoms with Gasteiger partial charge in [0, 0.05) is 44.0 Å². The Bertz CT molecular complexity index is 2060. The second-order valence-corrected chi connectivity index (χ2v) is 11.1. The number of fused-ring (bicyclic) bond motifs is 4. The van der Waals surface area contributed by atoms with Gasteiger partial charge >= 0.3 is 0 Å². The molecule has 0 radical (unpaired) electrons. The molecular weight excluding hydrogens is 687 g/mol. The Morgan fingerprint density at radius 1 is 0.756 bits per heavy atom. The third kappa shape index (κ3) is 4.61. The van der Waals surface area contributed by atoms with Crippen molar-refractivity contribution >= 4 is 32.8 Å². The van der Waals surface area contributed by atoms with Crippen LogP contribution in [0.1, 0.15) is 26.3 Å². The van der Waals surface area contributed by atoms with E-state index in [1.54, 1.807) is 12.1 Å². The third-order valence-corrected chi connectivity index (χ3v) is 7.34. The van der Waals surface area contributed by atoms with E-state index in [1.807, 2.05) is 66.9 Å². The standard InChI is InChI=1S/C35H27N4O.Pt/c1-35(2,3)26-20-29(37-33-25(26)21-36-28-16-10-18-31(40)32(28)33)22-11-9-12-23(19-22)34-38-27-15-7-8-17-30(27)39(34)24-13-5-4-6-14-24;/h4-18,20-21,40H,1-3H3;/q-1;. The summed E-state index contributed by atoms with van der Waals surface area (Å²) in [6.07, 6.45) is 1.87. The van der Waals surface area contributed by atoms with Gasteiger partial charge in [-0.2, -0.15) is 0 Å². The van der Waals surface area contributed by atoms with Gasteiger partial charge in [-0.1, -0.05) is 74.4 Å². The molecule has 0 saturated heterocycles. The Morgan fingerprint density at radius 3 is 2.27 bits per heavy atom. The molecule has 0 unspecified atom stereocenters. The van der Waals surface area contributed by atoms with E-state index in [0.29, 0.717) is 10.9 Å². The minimum atomic E-state index is -0.172. The van der Waals surface area contributed by atoms with Gasteiger partial charge in [0.25, 0.3) is 0 Å². The van der Waals surface area contributed by atoms with E-state index in [2.05, 4.69) is 60.7 Å². The summed E-state index contributed by atoms with van der Waals surface area (Å²) >= 11 is 0. The predicted molar refractivity (Wildman–Crippen MR) is 162 cm³/mol. The summed E-state index contributed by atoms with van der Waals surface area (Å²) in [5.41, 5.74) is 7.91. The van der Waals surface area contributed by atoms with Crippen molar-refractivity contribution in [2.45, 2.75) is 26.2 Å². The van der Waals surface area contributed by atoms with Crippen LogP contribution in [0.25, 0.3) is 61.2 Å². The molecule has 0 fully saturated rings. The Morgan fingerprint density at radius 2 is 1.46 bits per heavy atom. The maximum absolute atomic E-state index is 10.8. The molecule has 7 aromatic rings. The topological polar surface area (TPSA) is 63.8 Å². The summed E-state index contributed by atoms with van der Waals surface area (Å²) in [6.45, 7) is 6.55. The predicted octanol–water partition coefficient (Wildman–Crippen LogP) is 8.26. The number of hydrogen-bond donors (Lipinski definition) is 1. The number of phenolic OH excluding ortho intramolecular Hbond substituents is 1. The van der Waals surface area contributed by atoms with Gasteiger partial charge in [-0.05, 0) is 47.4 Å². The van der Waals surface area contributed by atoms with Gasteiger partial charge in [0.1, 0.15) is 5.75 Å². The first-order valence-corrected chi connectivity index (χ1v) is 13.4. The number of aromatic nitrogens is 4. The first-order chi connectivity index (χ1) is 19.4. The second-order valence-electron chi connectivity index (χ2n) is 11.1. The number of phenols is 1. The normalized spacial score (nSPS) is 11.7. The molecule has 5 nitrogen and oxygen atoms in total. The molecule has 0 aliphatic rings. The van der Waals surface area contributed by atoms with Crippen molar-refractivity contribution in [3.8, 4) is 34.1 Å². The average Bonchev–Trinajstić information content (AvgIpc) is 3.36. The molecule has 3 heterocycles. The van der Waals surface area contributed by atoms with E-state index in [0.717, 1.165) is 55.8 Å². The zero-order valence-electron chi connectivity index (χ0n) is 22.9. The summed E-state index contributed by atoms with van der Waals surface area (Å²) in [7, 11) is 0. The molecule has 204 valence electrons. The van der Waals surface area contributed by atoms with Crippen molar-refractivity contribution in [1.82, 2.24) is 19.5 Å². The number of hydrogen-bond acceptors (Lipinski definition) is 4. The summed E-state index contributed by atoms with van der Waals surface area (Å²) in [5, 5.41) is 12.4. The summed E-state index contributed by atoms with van der Waals surface area (Å²) < 4.78 is 2.18. The zero-order chi connectivity index (χ0) is 27.4. The average molecular weight is 715 g/mol. The minimum absolute atomic E-state index is 0. The van der Waals surface area contributed by atoms with Crippen LogP contribution in [0.2, 0.25) is 0 Å². The number of pyridine rings is 2. The fraction of sp³-hybridized carbons (Fsp3) is 0.114. The van der Waals surface area contributed by atoms with Crippen molar-refractivity contribution < 1.29 is 26.2 Å². The van der Waals surface area contributed by atoms with Gasteiger partial charge < -0.3 is 9.67 Å². The molecule has 4 aromatic carbocycles. The Kier molecular flexibility index (Phi) is 6.71. The van der Waals surface area contributed by atoms with E-state index < -0.39 is 0 Å². The number of para-hydroxylation sites is 3.